The van der Waals surface area contributed by atoms with E-state index in [1.54, 1.807) is 48.5 Å². The van der Waals surface area contributed by atoms with Crippen molar-refractivity contribution in [1.82, 2.24) is 10.4 Å². The summed E-state index contributed by atoms with van der Waals surface area (Å²) < 4.78 is 0. The van der Waals surface area contributed by atoms with E-state index in [-0.39, 0.29) is 45.7 Å². The van der Waals surface area contributed by atoms with Crippen molar-refractivity contribution in [3.05, 3.63) is 104 Å². The lowest BCUT2D eigenvalue weighted by atomic mass is 10.1. The van der Waals surface area contributed by atoms with E-state index in [0.717, 1.165) is 16.8 Å². The van der Waals surface area contributed by atoms with E-state index in [2.05, 4.69) is 27.9 Å². The lowest BCUT2D eigenvalue weighted by molar-refractivity contribution is -0.384. The van der Waals surface area contributed by atoms with Gasteiger partial charge in [0.05, 0.1) is 45.6 Å². The Balaban J connectivity index is 1.62. The summed E-state index contributed by atoms with van der Waals surface area (Å²) in [5.74, 6) is -2.57. The fourth-order valence-electron chi connectivity index (χ4n) is 4.35. The van der Waals surface area contributed by atoms with Crippen LogP contribution in [-0.2, 0) is 14.4 Å². The van der Waals surface area contributed by atoms with Gasteiger partial charge in [-0.2, -0.15) is 15.5 Å². The minimum absolute atomic E-state index is 0.00518. The molecule has 0 spiro atoms. The van der Waals surface area contributed by atoms with Gasteiger partial charge in [-0.15, -0.1) is 0 Å². The third kappa shape index (κ3) is 8.24. The van der Waals surface area contributed by atoms with Gasteiger partial charge in [-0.1, -0.05) is 47.5 Å². The Morgan fingerprint density at radius 1 is 0.978 bits per heavy atom. The predicted octanol–water partition coefficient (Wildman–Crippen LogP) is 5.23. The van der Waals surface area contributed by atoms with Crippen molar-refractivity contribution in [3.63, 3.8) is 0 Å². The van der Waals surface area contributed by atoms with Crippen LogP contribution in [0.2, 0.25) is 10.0 Å². The summed E-state index contributed by atoms with van der Waals surface area (Å²) in [6.07, 6.45) is 1.29. The summed E-state index contributed by atoms with van der Waals surface area (Å²) in [5.41, 5.74) is 3.50. The fraction of sp³-hybridized carbons (Fsp3) is 0.161. The Bertz CT molecular complexity index is 1810. The largest absolute Gasteiger partial charge is 0.369 e. The van der Waals surface area contributed by atoms with Gasteiger partial charge in [0, 0.05) is 36.5 Å². The predicted molar refractivity (Wildman–Crippen MR) is 171 cm³/mol. The van der Waals surface area contributed by atoms with Crippen LogP contribution in [0.3, 0.4) is 0 Å². The number of aliphatic imine (C=N–C) groups is 1. The quantitative estimate of drug-likeness (QED) is 0.115. The first-order valence-corrected chi connectivity index (χ1v) is 14.4. The van der Waals surface area contributed by atoms with Crippen molar-refractivity contribution in [1.29, 1.82) is 10.5 Å². The summed E-state index contributed by atoms with van der Waals surface area (Å²) in [6, 6.07) is 21.1. The van der Waals surface area contributed by atoms with Crippen molar-refractivity contribution in [2.45, 2.75) is 19.3 Å². The summed E-state index contributed by atoms with van der Waals surface area (Å²) >= 11 is 12.4. The SMILES string of the molecule is N#CCCN(CCC#N)c1ccc(/C=C2/N=C(c3cc([N+](=O)[O-])ccc3Cl)N(NC(=O)CC(=O)Nc3ccccc3Cl)C2=O)cc1. The number of nitro groups is 1. The topological polar surface area (TPSA) is 185 Å². The van der Waals surface area contributed by atoms with Gasteiger partial charge in [0.2, 0.25) is 11.8 Å². The molecule has 232 valence electrons. The van der Waals surface area contributed by atoms with E-state index < -0.39 is 29.1 Å². The zero-order valence-electron chi connectivity index (χ0n) is 23.9. The Kier molecular flexibility index (Phi) is 11.0. The van der Waals surface area contributed by atoms with Gasteiger partial charge in [0.15, 0.2) is 5.84 Å². The third-order valence-corrected chi connectivity index (χ3v) is 7.18. The molecule has 0 bridgehead atoms. The summed E-state index contributed by atoms with van der Waals surface area (Å²) in [7, 11) is 0. The van der Waals surface area contributed by atoms with Crippen LogP contribution in [-0.4, -0.2) is 46.6 Å². The van der Waals surface area contributed by atoms with Crippen molar-refractivity contribution in [2.24, 2.45) is 4.99 Å². The lowest BCUT2D eigenvalue weighted by Gasteiger charge is -2.22. The zero-order chi connectivity index (χ0) is 33.2. The van der Waals surface area contributed by atoms with Gasteiger partial charge in [-0.05, 0) is 42.0 Å². The number of anilines is 2. The molecule has 46 heavy (non-hydrogen) atoms. The van der Waals surface area contributed by atoms with Gasteiger partial charge in [-0.25, -0.2) is 4.99 Å². The average molecular weight is 659 g/mol. The van der Waals surface area contributed by atoms with Gasteiger partial charge in [0.25, 0.3) is 11.6 Å². The summed E-state index contributed by atoms with van der Waals surface area (Å²) in [5, 5.41) is 33.0. The number of amides is 3. The van der Waals surface area contributed by atoms with Crippen LogP contribution < -0.4 is 15.6 Å². The van der Waals surface area contributed by atoms with Gasteiger partial charge in [-0.3, -0.25) is 29.9 Å². The number of nitriles is 2. The standard InChI is InChI=1S/C31H24Cl2N8O5/c32-24-12-11-22(41(45)46)18-23(24)30-37-27(17-20-7-9-21(10-8-20)39(15-3-13-34)16-4-14-35)31(44)40(30)38-29(43)19-28(42)36-26-6-2-1-5-25(26)33/h1-2,5-12,17-18H,3-4,15-16,19H2,(H,36,42)(H,38,43)/b27-17+. The fourth-order valence-corrected chi connectivity index (χ4v) is 4.73. The maximum absolute atomic E-state index is 13.6. The second-order valence-electron chi connectivity index (χ2n) is 9.66. The number of hydrazine groups is 1. The Morgan fingerprint density at radius 3 is 2.28 bits per heavy atom. The van der Waals surface area contributed by atoms with E-state index in [4.69, 9.17) is 33.7 Å². The number of hydrogen-bond acceptors (Lipinski definition) is 9. The number of nitrogens with one attached hydrogen (secondary N) is 2. The first kappa shape index (κ1) is 33.1. The van der Waals surface area contributed by atoms with Crippen LogP contribution in [0.5, 0.6) is 0 Å². The Hall–Kier alpha value is -5.76. The second kappa shape index (κ2) is 15.3. The molecule has 0 saturated heterocycles. The highest BCUT2D eigenvalue weighted by molar-refractivity contribution is 6.36. The number of carbonyl (C=O) groups excluding carboxylic acids is 3. The monoisotopic (exact) mass is 658 g/mol. The third-order valence-electron chi connectivity index (χ3n) is 6.52. The number of halogens is 2. The normalized spacial score (nSPS) is 13.0. The average Bonchev–Trinajstić information content (AvgIpc) is 3.32. The molecule has 0 atom stereocenters. The maximum atomic E-state index is 13.6. The van der Waals surface area contributed by atoms with Crippen LogP contribution in [0.25, 0.3) is 6.08 Å². The first-order chi connectivity index (χ1) is 22.1. The summed E-state index contributed by atoms with van der Waals surface area (Å²) in [6.45, 7) is 0.861. The van der Waals surface area contributed by atoms with Gasteiger partial charge >= 0.3 is 0 Å². The van der Waals surface area contributed by atoms with E-state index in [1.165, 1.54) is 18.2 Å². The van der Waals surface area contributed by atoms with Gasteiger partial charge < -0.3 is 10.2 Å². The molecule has 13 nitrogen and oxygen atoms in total. The van der Waals surface area contributed by atoms with E-state index in [0.29, 0.717) is 24.3 Å². The Morgan fingerprint density at radius 2 is 1.65 bits per heavy atom. The molecular formula is C31H24Cl2N8O5. The molecule has 1 aliphatic rings. The number of rotatable bonds is 12. The number of nitrogens with zero attached hydrogens (tertiary/aromatic N) is 6. The van der Waals surface area contributed by atoms with Crippen LogP contribution in [0.4, 0.5) is 17.1 Å². The van der Waals surface area contributed by atoms with E-state index >= 15 is 0 Å². The van der Waals surface area contributed by atoms with Crippen LogP contribution >= 0.6 is 23.2 Å². The molecule has 0 fully saturated rings. The summed E-state index contributed by atoms with van der Waals surface area (Å²) in [4.78, 5) is 56.1. The van der Waals surface area contributed by atoms with Crippen molar-refractivity contribution >= 4 is 69.9 Å². The highest BCUT2D eigenvalue weighted by atomic mass is 35.5. The number of benzene rings is 3. The number of para-hydroxylation sites is 1. The van der Waals surface area contributed by atoms with Crippen LogP contribution in [0, 0.1) is 32.8 Å². The minimum Gasteiger partial charge on any atom is -0.369 e. The molecule has 15 heteroatoms. The van der Waals surface area contributed by atoms with Crippen molar-refractivity contribution < 1.29 is 19.3 Å². The van der Waals surface area contributed by atoms with Crippen molar-refractivity contribution in [3.8, 4) is 12.1 Å². The molecule has 0 saturated carbocycles. The smallest absolute Gasteiger partial charge is 0.297 e. The zero-order valence-corrected chi connectivity index (χ0v) is 25.5. The van der Waals surface area contributed by atoms with Gasteiger partial charge in [0.1, 0.15) is 12.1 Å². The molecule has 1 heterocycles. The van der Waals surface area contributed by atoms with Crippen molar-refractivity contribution in [2.75, 3.05) is 23.3 Å². The maximum Gasteiger partial charge on any atom is 0.297 e. The molecule has 0 unspecified atom stereocenters. The molecule has 3 amide bonds. The number of hydrogen-bond donors (Lipinski definition) is 2. The molecule has 2 N–H and O–H groups in total. The first-order valence-electron chi connectivity index (χ1n) is 13.6. The Labute approximate surface area is 273 Å². The molecule has 1 aliphatic heterocycles. The molecule has 3 aromatic carbocycles. The molecule has 4 rings (SSSR count). The molecule has 3 aromatic rings. The van der Waals surface area contributed by atoms with E-state index in [1.807, 2.05) is 4.90 Å². The highest BCUT2D eigenvalue weighted by Gasteiger charge is 2.35. The number of amidine groups is 1. The molecule has 0 radical (unpaired) electrons. The molecular weight excluding hydrogens is 635 g/mol. The lowest BCUT2D eigenvalue weighted by Crippen LogP contribution is -2.48. The number of carbonyl (C=O) groups is 3. The number of nitro benzene ring substituents is 1. The molecule has 0 aromatic heterocycles. The van der Waals surface area contributed by atoms with Crippen LogP contribution in [0.1, 0.15) is 30.4 Å². The van der Waals surface area contributed by atoms with Crippen LogP contribution in [0.15, 0.2) is 77.4 Å². The minimum atomic E-state index is -0.882. The number of non-ortho nitro benzene ring substituents is 1. The van der Waals surface area contributed by atoms with E-state index in [9.17, 15) is 24.5 Å². The highest BCUT2D eigenvalue weighted by Crippen LogP contribution is 2.29. The molecule has 0 aliphatic carbocycles. The second-order valence-corrected chi connectivity index (χ2v) is 10.5.